The average molecular weight is 326 g/mol. The number of benzene rings is 1. The molecule has 1 fully saturated rings. The summed E-state index contributed by atoms with van der Waals surface area (Å²) in [5.41, 5.74) is 0. The first-order chi connectivity index (χ1) is 9.25. The molecule has 0 spiro atoms. The molecule has 20 heavy (non-hydrogen) atoms. The predicted molar refractivity (Wildman–Crippen MR) is 65.9 cm³/mol. The van der Waals surface area contributed by atoms with Crippen LogP contribution in [0.15, 0.2) is 17.0 Å². The van der Waals surface area contributed by atoms with Crippen molar-refractivity contribution in [3.63, 3.8) is 0 Å². The van der Waals surface area contributed by atoms with Crippen molar-refractivity contribution in [2.75, 3.05) is 13.1 Å². The highest BCUT2D eigenvalue weighted by Gasteiger charge is 2.38. The number of sulfonamides is 1. The molecule has 0 aromatic heterocycles. The van der Waals surface area contributed by atoms with Crippen LogP contribution in [0.5, 0.6) is 0 Å². The number of carboxylic acids is 1. The summed E-state index contributed by atoms with van der Waals surface area (Å²) < 4.78 is 52.1. The van der Waals surface area contributed by atoms with E-state index in [0.29, 0.717) is 0 Å². The molecular formula is C11H10ClF2NO4S. The van der Waals surface area contributed by atoms with Crippen LogP contribution in [-0.2, 0) is 14.8 Å². The molecule has 1 N–H and O–H groups in total. The SMILES string of the molecule is O=C(O)C1CCN(S(=O)(=O)c2c(Cl)ccc(F)c2F)C1. The van der Waals surface area contributed by atoms with Gasteiger partial charge in [0.25, 0.3) is 0 Å². The third kappa shape index (κ3) is 2.50. The highest BCUT2D eigenvalue weighted by molar-refractivity contribution is 7.89. The molecule has 5 nitrogen and oxygen atoms in total. The highest BCUT2D eigenvalue weighted by atomic mass is 35.5. The number of carbonyl (C=O) groups is 1. The average Bonchev–Trinajstić information content (AvgIpc) is 2.84. The summed E-state index contributed by atoms with van der Waals surface area (Å²) >= 11 is 5.63. The topological polar surface area (TPSA) is 74.7 Å². The Hall–Kier alpha value is -1.25. The van der Waals surface area contributed by atoms with Crippen LogP contribution in [-0.4, -0.2) is 36.9 Å². The maximum absolute atomic E-state index is 13.7. The molecule has 1 unspecified atom stereocenters. The van der Waals surface area contributed by atoms with E-state index in [2.05, 4.69) is 0 Å². The molecule has 110 valence electrons. The number of halogens is 3. The fourth-order valence-corrected chi connectivity index (χ4v) is 4.08. The maximum atomic E-state index is 13.7. The summed E-state index contributed by atoms with van der Waals surface area (Å²) in [4.78, 5) is 9.86. The van der Waals surface area contributed by atoms with Gasteiger partial charge in [-0.3, -0.25) is 4.79 Å². The molecule has 1 atom stereocenters. The van der Waals surface area contributed by atoms with Crippen LogP contribution in [0.3, 0.4) is 0 Å². The fourth-order valence-electron chi connectivity index (χ4n) is 2.02. The smallest absolute Gasteiger partial charge is 0.307 e. The Morgan fingerprint density at radius 3 is 2.60 bits per heavy atom. The van der Waals surface area contributed by atoms with E-state index in [1.165, 1.54) is 0 Å². The summed E-state index contributed by atoms with van der Waals surface area (Å²) in [5, 5.41) is 8.40. The van der Waals surface area contributed by atoms with E-state index < -0.39 is 43.5 Å². The van der Waals surface area contributed by atoms with Gasteiger partial charge in [0.15, 0.2) is 11.6 Å². The van der Waals surface area contributed by atoms with Crippen LogP contribution in [0.1, 0.15) is 6.42 Å². The van der Waals surface area contributed by atoms with Crippen molar-refractivity contribution < 1.29 is 27.1 Å². The Morgan fingerprint density at radius 2 is 2.05 bits per heavy atom. The second kappa shape index (κ2) is 5.27. The molecule has 1 saturated heterocycles. The molecule has 1 aromatic rings. The molecule has 1 aliphatic heterocycles. The van der Waals surface area contributed by atoms with Crippen LogP contribution in [0.2, 0.25) is 5.02 Å². The van der Waals surface area contributed by atoms with Gasteiger partial charge in [-0.25, -0.2) is 17.2 Å². The molecule has 9 heteroatoms. The number of rotatable bonds is 3. The molecule has 0 saturated carbocycles. The maximum Gasteiger partial charge on any atom is 0.307 e. The van der Waals surface area contributed by atoms with Crippen LogP contribution >= 0.6 is 11.6 Å². The van der Waals surface area contributed by atoms with Crippen molar-refractivity contribution in [1.82, 2.24) is 4.31 Å². The van der Waals surface area contributed by atoms with Crippen molar-refractivity contribution in [3.8, 4) is 0 Å². The number of hydrogen-bond acceptors (Lipinski definition) is 3. The Labute approximate surface area is 118 Å². The van der Waals surface area contributed by atoms with Crippen LogP contribution in [0.4, 0.5) is 8.78 Å². The normalized spacial score (nSPS) is 20.2. The highest BCUT2D eigenvalue weighted by Crippen LogP contribution is 2.31. The molecule has 0 radical (unpaired) electrons. The monoisotopic (exact) mass is 325 g/mol. The first-order valence-corrected chi connectivity index (χ1v) is 7.43. The van der Waals surface area contributed by atoms with Crippen LogP contribution in [0.25, 0.3) is 0 Å². The lowest BCUT2D eigenvalue weighted by atomic mass is 10.1. The lowest BCUT2D eigenvalue weighted by molar-refractivity contribution is -0.141. The summed E-state index contributed by atoms with van der Waals surface area (Å²) in [5.74, 6) is -4.88. The number of carboxylic acid groups (broad SMARTS) is 1. The largest absolute Gasteiger partial charge is 0.481 e. The predicted octanol–water partition coefficient (Wildman–Crippen LogP) is 1.71. The van der Waals surface area contributed by atoms with Gasteiger partial charge in [0.05, 0.1) is 10.9 Å². The third-order valence-corrected chi connectivity index (χ3v) is 5.45. The molecule has 2 rings (SSSR count). The zero-order valence-electron chi connectivity index (χ0n) is 10.0. The van der Waals surface area contributed by atoms with Gasteiger partial charge < -0.3 is 5.11 Å². The van der Waals surface area contributed by atoms with Crippen molar-refractivity contribution in [2.24, 2.45) is 5.92 Å². The van der Waals surface area contributed by atoms with Crippen molar-refractivity contribution >= 4 is 27.6 Å². The second-order valence-electron chi connectivity index (χ2n) is 4.36. The van der Waals surface area contributed by atoms with E-state index in [1.54, 1.807) is 0 Å². The summed E-state index contributed by atoms with van der Waals surface area (Å²) in [6, 6.07) is 1.67. The van der Waals surface area contributed by atoms with E-state index in [9.17, 15) is 22.0 Å². The fraction of sp³-hybridized carbons (Fsp3) is 0.364. The van der Waals surface area contributed by atoms with E-state index in [1.807, 2.05) is 0 Å². The minimum atomic E-state index is -4.37. The van der Waals surface area contributed by atoms with Crippen LogP contribution in [0, 0.1) is 17.6 Å². The summed E-state index contributed by atoms with van der Waals surface area (Å²) in [6.45, 7) is -0.366. The Balaban J connectivity index is 2.43. The molecule has 1 heterocycles. The Kier molecular flexibility index (Phi) is 3.99. The lowest BCUT2D eigenvalue weighted by Crippen LogP contribution is -2.31. The number of aliphatic carboxylic acids is 1. The van der Waals surface area contributed by atoms with E-state index in [0.717, 1.165) is 16.4 Å². The van der Waals surface area contributed by atoms with E-state index in [-0.39, 0.29) is 19.5 Å². The van der Waals surface area contributed by atoms with Gasteiger partial charge in [0.1, 0.15) is 4.90 Å². The minimum absolute atomic E-state index is 0.0778. The van der Waals surface area contributed by atoms with Gasteiger partial charge >= 0.3 is 5.97 Å². The second-order valence-corrected chi connectivity index (χ2v) is 6.64. The van der Waals surface area contributed by atoms with Crippen molar-refractivity contribution in [2.45, 2.75) is 11.3 Å². The van der Waals surface area contributed by atoms with E-state index >= 15 is 0 Å². The van der Waals surface area contributed by atoms with Gasteiger partial charge in [-0.2, -0.15) is 4.31 Å². The molecule has 0 amide bonds. The van der Waals surface area contributed by atoms with Crippen LogP contribution < -0.4 is 0 Å². The molecular weight excluding hydrogens is 316 g/mol. The van der Waals surface area contributed by atoms with Gasteiger partial charge in [-0.05, 0) is 18.6 Å². The Morgan fingerprint density at radius 1 is 1.40 bits per heavy atom. The zero-order chi connectivity index (χ0) is 15.1. The molecule has 0 aliphatic carbocycles. The minimum Gasteiger partial charge on any atom is -0.481 e. The van der Waals surface area contributed by atoms with Gasteiger partial charge in [-0.1, -0.05) is 11.6 Å². The third-order valence-electron chi connectivity index (χ3n) is 3.10. The first-order valence-electron chi connectivity index (χ1n) is 5.61. The Bertz CT molecular complexity index is 665. The lowest BCUT2D eigenvalue weighted by Gasteiger charge is -2.17. The van der Waals surface area contributed by atoms with Gasteiger partial charge in [-0.15, -0.1) is 0 Å². The molecule has 1 aromatic carbocycles. The zero-order valence-corrected chi connectivity index (χ0v) is 11.6. The number of nitrogens with zero attached hydrogens (tertiary/aromatic N) is 1. The quantitative estimate of drug-likeness (QED) is 0.859. The number of hydrogen-bond donors (Lipinski definition) is 1. The van der Waals surface area contributed by atoms with Crippen molar-refractivity contribution in [1.29, 1.82) is 0 Å². The van der Waals surface area contributed by atoms with Gasteiger partial charge in [0.2, 0.25) is 10.0 Å². The standard InChI is InChI=1S/C11H10ClF2NO4S/c12-7-1-2-8(13)9(14)10(7)20(18,19)15-4-3-6(5-15)11(16)17/h1-2,6H,3-5H2,(H,16,17). The molecule has 1 aliphatic rings. The first kappa shape index (κ1) is 15.1. The van der Waals surface area contributed by atoms with Gasteiger partial charge in [0, 0.05) is 13.1 Å². The van der Waals surface area contributed by atoms with Crippen molar-refractivity contribution in [3.05, 3.63) is 28.8 Å². The van der Waals surface area contributed by atoms with E-state index in [4.69, 9.17) is 16.7 Å². The summed E-state index contributed by atoms with van der Waals surface area (Å²) in [7, 11) is -4.37. The molecule has 0 bridgehead atoms. The summed E-state index contributed by atoms with van der Waals surface area (Å²) in [6.07, 6.45) is 0.114.